The van der Waals surface area contributed by atoms with E-state index in [0.717, 1.165) is 29.8 Å². The highest BCUT2D eigenvalue weighted by atomic mass is 32.1. The van der Waals surface area contributed by atoms with E-state index in [9.17, 15) is 19.2 Å². The van der Waals surface area contributed by atoms with Crippen molar-refractivity contribution in [1.29, 1.82) is 0 Å². The summed E-state index contributed by atoms with van der Waals surface area (Å²) in [5, 5.41) is 20.4. The molecule has 0 unspecified atom stereocenters. The number of ether oxygens (including phenoxy) is 2. The lowest BCUT2D eigenvalue weighted by molar-refractivity contribution is -0.135. The zero-order valence-electron chi connectivity index (χ0n) is 19.9. The quantitative estimate of drug-likeness (QED) is 0.284. The van der Waals surface area contributed by atoms with Gasteiger partial charge in [-0.3, -0.25) is 14.9 Å². The number of aromatic nitrogens is 1. The smallest absolute Gasteiger partial charge is 0.407 e. The van der Waals surface area contributed by atoms with Crippen molar-refractivity contribution in [3.63, 3.8) is 0 Å². The number of urea groups is 1. The maximum atomic E-state index is 12.2. The molecule has 1 aliphatic rings. The fraction of sp³-hybridized carbons (Fsp3) is 0.500. The Hall–Kier alpha value is -3.61. The van der Waals surface area contributed by atoms with E-state index in [1.165, 1.54) is 5.38 Å². The number of anilines is 1. The maximum absolute atomic E-state index is 12.2. The average molecular weight is 510 g/mol. The van der Waals surface area contributed by atoms with Crippen molar-refractivity contribution in [2.75, 3.05) is 31.6 Å². The molecule has 2 rings (SSSR count). The van der Waals surface area contributed by atoms with E-state index in [1.807, 2.05) is 12.2 Å². The summed E-state index contributed by atoms with van der Waals surface area (Å²) in [6.45, 7) is 5.89. The van der Waals surface area contributed by atoms with E-state index >= 15 is 0 Å². The minimum atomic E-state index is -1.17. The fourth-order valence-corrected chi connectivity index (χ4v) is 3.46. The Balaban J connectivity index is 1.72. The van der Waals surface area contributed by atoms with Crippen LogP contribution in [0.3, 0.4) is 0 Å². The highest BCUT2D eigenvalue weighted by Gasteiger charge is 2.17. The highest BCUT2D eigenvalue weighted by molar-refractivity contribution is 7.14. The SMILES string of the molecule is CC(C)(C)OC(=O)NCCCOC1=CCCC=C1CNC(=O)Nc1nc(C(=O)NCC(=O)O)cs1. The van der Waals surface area contributed by atoms with Gasteiger partial charge in [-0.05, 0) is 46.1 Å². The van der Waals surface area contributed by atoms with Gasteiger partial charge in [-0.25, -0.2) is 14.6 Å². The second kappa shape index (κ2) is 13.3. The van der Waals surface area contributed by atoms with Crippen molar-refractivity contribution in [2.24, 2.45) is 0 Å². The number of hydrogen-bond acceptors (Lipinski definition) is 8. The minimum Gasteiger partial charge on any atom is -0.494 e. The van der Waals surface area contributed by atoms with E-state index in [0.29, 0.717) is 25.3 Å². The minimum absolute atomic E-state index is 0.0151. The molecule has 0 spiro atoms. The highest BCUT2D eigenvalue weighted by Crippen LogP contribution is 2.20. The summed E-state index contributed by atoms with van der Waals surface area (Å²) in [5.41, 5.74) is 0.297. The normalized spacial score (nSPS) is 13.1. The molecular formula is C22H31N5O7S. The van der Waals surface area contributed by atoms with Gasteiger partial charge in [0.15, 0.2) is 5.13 Å². The number of carbonyl (C=O) groups excluding carboxylic acids is 3. The number of hydrogen-bond donors (Lipinski definition) is 5. The topological polar surface area (TPSA) is 168 Å². The first-order chi connectivity index (χ1) is 16.5. The van der Waals surface area contributed by atoms with Gasteiger partial charge in [0.1, 0.15) is 23.6 Å². The van der Waals surface area contributed by atoms with Gasteiger partial charge in [-0.2, -0.15) is 0 Å². The molecule has 1 aromatic rings. The van der Waals surface area contributed by atoms with Gasteiger partial charge in [-0.15, -0.1) is 11.3 Å². The lowest BCUT2D eigenvalue weighted by Gasteiger charge is -2.20. The van der Waals surface area contributed by atoms with Crippen LogP contribution in [0.25, 0.3) is 0 Å². The van der Waals surface area contributed by atoms with Gasteiger partial charge in [0.2, 0.25) is 0 Å². The lowest BCUT2D eigenvalue weighted by Crippen LogP contribution is -2.33. The van der Waals surface area contributed by atoms with Crippen molar-refractivity contribution in [3.05, 3.63) is 34.6 Å². The Morgan fingerprint density at radius 3 is 2.57 bits per heavy atom. The van der Waals surface area contributed by atoms with Crippen LogP contribution in [0.4, 0.5) is 14.7 Å². The molecule has 0 bridgehead atoms. The average Bonchev–Trinajstić information content (AvgIpc) is 3.23. The third-order valence-corrected chi connectivity index (χ3v) is 5.01. The molecule has 4 amide bonds. The Morgan fingerprint density at radius 2 is 1.86 bits per heavy atom. The molecule has 0 atom stereocenters. The Morgan fingerprint density at radius 1 is 1.11 bits per heavy atom. The predicted molar refractivity (Wildman–Crippen MR) is 129 cm³/mol. The van der Waals surface area contributed by atoms with Crippen molar-refractivity contribution in [1.82, 2.24) is 20.9 Å². The number of alkyl carbamates (subject to hydrolysis) is 1. The summed E-state index contributed by atoms with van der Waals surface area (Å²) in [7, 11) is 0. The maximum Gasteiger partial charge on any atom is 0.407 e. The number of carbonyl (C=O) groups is 4. The van der Waals surface area contributed by atoms with Crippen LogP contribution in [-0.4, -0.2) is 65.9 Å². The monoisotopic (exact) mass is 509 g/mol. The molecule has 0 fully saturated rings. The van der Waals surface area contributed by atoms with E-state index in [-0.39, 0.29) is 17.4 Å². The zero-order chi connectivity index (χ0) is 25.8. The van der Waals surface area contributed by atoms with E-state index in [4.69, 9.17) is 14.6 Å². The Bertz CT molecular complexity index is 981. The van der Waals surface area contributed by atoms with E-state index in [2.05, 4.69) is 26.3 Å². The fourth-order valence-electron chi connectivity index (χ4n) is 2.77. The molecule has 5 N–H and O–H groups in total. The molecule has 1 aromatic heterocycles. The van der Waals surface area contributed by atoms with Crippen molar-refractivity contribution < 1.29 is 33.8 Å². The van der Waals surface area contributed by atoms with Gasteiger partial charge in [0.25, 0.3) is 5.91 Å². The number of allylic oxidation sites excluding steroid dienone is 2. The van der Waals surface area contributed by atoms with E-state index in [1.54, 1.807) is 20.8 Å². The number of rotatable bonds is 11. The predicted octanol–water partition coefficient (Wildman–Crippen LogP) is 2.61. The summed E-state index contributed by atoms with van der Waals surface area (Å²) in [6.07, 6.45) is 5.71. The number of nitrogens with one attached hydrogen (secondary N) is 4. The zero-order valence-corrected chi connectivity index (χ0v) is 20.8. The van der Waals surface area contributed by atoms with Gasteiger partial charge < -0.3 is 30.5 Å². The molecule has 0 aliphatic heterocycles. The number of thiazole rings is 1. The Kier molecular flexibility index (Phi) is 10.5. The molecule has 13 heteroatoms. The molecular weight excluding hydrogens is 478 g/mol. The molecule has 0 aromatic carbocycles. The number of nitrogens with zero attached hydrogens (tertiary/aromatic N) is 1. The van der Waals surface area contributed by atoms with Crippen LogP contribution < -0.4 is 21.3 Å². The number of carboxylic acids is 1. The third-order valence-electron chi connectivity index (χ3n) is 4.25. The van der Waals surface area contributed by atoms with Crippen molar-refractivity contribution in [2.45, 2.75) is 45.6 Å². The number of carboxylic acid groups (broad SMARTS) is 1. The van der Waals surface area contributed by atoms with Crippen LogP contribution in [0.5, 0.6) is 0 Å². The first-order valence-electron chi connectivity index (χ1n) is 11.0. The summed E-state index contributed by atoms with van der Waals surface area (Å²) >= 11 is 1.04. The summed E-state index contributed by atoms with van der Waals surface area (Å²) in [6, 6.07) is -0.510. The van der Waals surface area contributed by atoms with Crippen LogP contribution in [0, 0.1) is 0 Å². The largest absolute Gasteiger partial charge is 0.494 e. The van der Waals surface area contributed by atoms with Crippen LogP contribution in [0.2, 0.25) is 0 Å². The Labute approximate surface area is 207 Å². The van der Waals surface area contributed by atoms with Gasteiger partial charge in [0, 0.05) is 24.0 Å². The summed E-state index contributed by atoms with van der Waals surface area (Å²) in [5.74, 6) is -1.13. The van der Waals surface area contributed by atoms with Crippen molar-refractivity contribution >= 4 is 40.5 Å². The molecule has 0 radical (unpaired) electrons. The third kappa shape index (κ3) is 10.9. The summed E-state index contributed by atoms with van der Waals surface area (Å²) in [4.78, 5) is 50.2. The van der Waals surface area contributed by atoms with Gasteiger partial charge in [0.05, 0.1) is 6.61 Å². The molecule has 0 saturated carbocycles. The van der Waals surface area contributed by atoms with Crippen LogP contribution in [0.15, 0.2) is 28.9 Å². The molecule has 35 heavy (non-hydrogen) atoms. The van der Waals surface area contributed by atoms with Gasteiger partial charge >= 0.3 is 18.1 Å². The van der Waals surface area contributed by atoms with Crippen molar-refractivity contribution in [3.8, 4) is 0 Å². The lowest BCUT2D eigenvalue weighted by atomic mass is 10.1. The summed E-state index contributed by atoms with van der Waals surface area (Å²) < 4.78 is 11.0. The molecule has 0 saturated heterocycles. The van der Waals surface area contributed by atoms with Crippen LogP contribution >= 0.6 is 11.3 Å². The second-order valence-electron chi connectivity index (χ2n) is 8.43. The van der Waals surface area contributed by atoms with Crippen LogP contribution in [0.1, 0.15) is 50.5 Å². The first kappa shape index (κ1) is 27.6. The molecule has 192 valence electrons. The molecule has 12 nitrogen and oxygen atoms in total. The standard InChI is InChI=1S/C22H31N5O7S/c1-22(2,3)34-21(32)23-9-6-10-33-16-8-5-4-7-14(16)11-25-19(31)27-20-26-15(13-35-20)18(30)24-12-17(28)29/h7-8,13H,4-6,9-12H2,1-3H3,(H,23,32)(H,24,30)(H,28,29)(H2,25,26,27,31). The van der Waals surface area contributed by atoms with Crippen LogP contribution in [-0.2, 0) is 14.3 Å². The number of amides is 4. The molecule has 1 aliphatic carbocycles. The van der Waals surface area contributed by atoms with Gasteiger partial charge in [-0.1, -0.05) is 6.08 Å². The second-order valence-corrected chi connectivity index (χ2v) is 9.29. The van der Waals surface area contributed by atoms with E-state index < -0.39 is 36.1 Å². The molecule has 1 heterocycles. The number of aliphatic carboxylic acids is 1. The first-order valence-corrected chi connectivity index (χ1v) is 11.9.